The number of amides is 1. The minimum atomic E-state index is -0.0396. The van der Waals surface area contributed by atoms with Gasteiger partial charge in [0.2, 0.25) is 0 Å². The van der Waals surface area contributed by atoms with Crippen LogP contribution in [0.4, 0.5) is 0 Å². The molecule has 0 aliphatic carbocycles. The number of nitriles is 1. The fourth-order valence-corrected chi connectivity index (χ4v) is 3.82. The molecule has 4 nitrogen and oxygen atoms in total. The maximum absolute atomic E-state index is 12.5. The van der Waals surface area contributed by atoms with Gasteiger partial charge in [-0.25, -0.2) is 0 Å². The van der Waals surface area contributed by atoms with Crippen LogP contribution in [0.2, 0.25) is 0 Å². The van der Waals surface area contributed by atoms with Gasteiger partial charge in [0, 0.05) is 40.7 Å². The van der Waals surface area contributed by atoms with Gasteiger partial charge in [-0.3, -0.25) is 9.69 Å². The third-order valence-electron chi connectivity index (χ3n) is 3.69. The van der Waals surface area contributed by atoms with Gasteiger partial charge in [-0.05, 0) is 24.6 Å². The van der Waals surface area contributed by atoms with Crippen molar-refractivity contribution in [3.05, 3.63) is 32.7 Å². The highest BCUT2D eigenvalue weighted by atomic mass is 79.9. The Hall–Kier alpha value is -0.900. The van der Waals surface area contributed by atoms with Gasteiger partial charge in [0.25, 0.3) is 5.91 Å². The fraction of sp³-hybridized carbons (Fsp3) is 0.467. The predicted molar refractivity (Wildman–Crippen MR) is 89.0 cm³/mol. The van der Waals surface area contributed by atoms with Crippen molar-refractivity contribution in [2.45, 2.75) is 19.4 Å². The second-order valence-electron chi connectivity index (χ2n) is 5.04. The Kier molecular flexibility index (Phi) is 5.80. The van der Waals surface area contributed by atoms with E-state index in [1.54, 1.807) is 0 Å². The van der Waals surface area contributed by atoms with Crippen LogP contribution in [0, 0.1) is 11.3 Å². The molecule has 2 rings (SSSR count). The largest absolute Gasteiger partial charge is 0.336 e. The summed E-state index contributed by atoms with van der Waals surface area (Å²) in [5.74, 6) is 0.0432. The highest BCUT2D eigenvalue weighted by Gasteiger charge is 2.25. The van der Waals surface area contributed by atoms with Crippen molar-refractivity contribution in [1.82, 2.24) is 9.80 Å². The van der Waals surface area contributed by atoms with Gasteiger partial charge in [0.1, 0.15) is 0 Å². The van der Waals surface area contributed by atoms with Gasteiger partial charge in [-0.15, -0.1) is 0 Å². The Bertz CT molecular complexity index is 542. The third kappa shape index (κ3) is 4.06. The van der Waals surface area contributed by atoms with Crippen LogP contribution in [0.1, 0.15) is 23.7 Å². The Labute approximate surface area is 142 Å². The molecule has 0 aromatic heterocycles. The van der Waals surface area contributed by atoms with Gasteiger partial charge >= 0.3 is 0 Å². The molecule has 1 aliphatic rings. The molecule has 0 N–H and O–H groups in total. The summed E-state index contributed by atoms with van der Waals surface area (Å²) in [6.45, 7) is 4.87. The summed E-state index contributed by atoms with van der Waals surface area (Å²) in [5.41, 5.74) is 0.678. The summed E-state index contributed by atoms with van der Waals surface area (Å²) < 4.78 is 1.77. The van der Waals surface area contributed by atoms with Crippen LogP contribution in [-0.4, -0.2) is 47.9 Å². The van der Waals surface area contributed by atoms with E-state index in [-0.39, 0.29) is 11.9 Å². The topological polar surface area (TPSA) is 47.3 Å². The fourth-order valence-electron chi connectivity index (χ4n) is 2.53. The number of carbonyl (C=O) groups is 1. The second kappa shape index (κ2) is 7.39. The average molecular weight is 415 g/mol. The van der Waals surface area contributed by atoms with Crippen molar-refractivity contribution in [3.63, 3.8) is 0 Å². The molecule has 0 bridgehead atoms. The molecule has 6 heteroatoms. The molecule has 1 atom stereocenters. The van der Waals surface area contributed by atoms with E-state index in [1.165, 1.54) is 0 Å². The summed E-state index contributed by atoms with van der Waals surface area (Å²) in [7, 11) is 0. The number of hydrogen-bond acceptors (Lipinski definition) is 3. The van der Waals surface area contributed by atoms with Crippen molar-refractivity contribution in [3.8, 4) is 6.07 Å². The molecule has 1 aromatic rings. The standard InChI is InChI=1S/C15H17Br2N3O/c1-2-14(10-18)19-3-5-20(6-4-19)15(21)11-7-12(16)9-13(17)8-11/h7-9,14H,2-6H2,1H3. The first kappa shape index (κ1) is 16.5. The number of benzene rings is 1. The molecule has 0 spiro atoms. The number of rotatable bonds is 3. The van der Waals surface area contributed by atoms with E-state index in [2.05, 4.69) is 42.8 Å². The third-order valence-corrected chi connectivity index (χ3v) is 4.60. The summed E-state index contributed by atoms with van der Waals surface area (Å²) in [4.78, 5) is 16.5. The molecule has 1 aliphatic heterocycles. The van der Waals surface area contributed by atoms with Crippen LogP contribution in [-0.2, 0) is 0 Å². The minimum absolute atomic E-state index is 0.0396. The van der Waals surface area contributed by atoms with Crippen molar-refractivity contribution in [2.24, 2.45) is 0 Å². The lowest BCUT2D eigenvalue weighted by Gasteiger charge is -2.36. The van der Waals surface area contributed by atoms with E-state index in [9.17, 15) is 4.79 Å². The number of carbonyl (C=O) groups excluding carboxylic acids is 1. The molecule has 1 unspecified atom stereocenters. The molecular formula is C15H17Br2N3O. The highest BCUT2D eigenvalue weighted by Crippen LogP contribution is 2.21. The number of halogens is 2. The van der Waals surface area contributed by atoms with Crippen molar-refractivity contribution in [2.75, 3.05) is 26.2 Å². The predicted octanol–water partition coefficient (Wildman–Crippen LogP) is 3.27. The zero-order valence-corrected chi connectivity index (χ0v) is 15.0. The van der Waals surface area contributed by atoms with E-state index in [1.807, 2.05) is 30.0 Å². The van der Waals surface area contributed by atoms with Crippen LogP contribution in [0.5, 0.6) is 0 Å². The number of hydrogen-bond donors (Lipinski definition) is 0. The Morgan fingerprint density at radius 1 is 1.24 bits per heavy atom. The second-order valence-corrected chi connectivity index (χ2v) is 6.87. The lowest BCUT2D eigenvalue weighted by atomic mass is 10.1. The molecule has 1 saturated heterocycles. The quantitative estimate of drug-likeness (QED) is 0.762. The molecule has 1 fully saturated rings. The van der Waals surface area contributed by atoms with Gasteiger partial charge < -0.3 is 4.90 Å². The SMILES string of the molecule is CCC(C#N)N1CCN(C(=O)c2cc(Br)cc(Br)c2)CC1. The normalized spacial score (nSPS) is 17.3. The first-order valence-corrected chi connectivity index (χ1v) is 8.52. The van der Waals surface area contributed by atoms with Crippen molar-refractivity contribution < 1.29 is 4.79 Å². The van der Waals surface area contributed by atoms with Crippen molar-refractivity contribution in [1.29, 1.82) is 5.26 Å². The number of piperazine rings is 1. The van der Waals surface area contributed by atoms with Crippen LogP contribution >= 0.6 is 31.9 Å². The maximum Gasteiger partial charge on any atom is 0.254 e. The highest BCUT2D eigenvalue weighted by molar-refractivity contribution is 9.11. The molecule has 112 valence electrons. The zero-order chi connectivity index (χ0) is 15.4. The molecule has 1 heterocycles. The van der Waals surface area contributed by atoms with E-state index < -0.39 is 0 Å². The van der Waals surface area contributed by atoms with Crippen molar-refractivity contribution >= 4 is 37.8 Å². The first-order chi connectivity index (χ1) is 10.0. The van der Waals surface area contributed by atoms with Gasteiger partial charge in [-0.1, -0.05) is 38.8 Å². The molecule has 0 saturated carbocycles. The minimum Gasteiger partial charge on any atom is -0.336 e. The van der Waals surface area contributed by atoms with Crippen LogP contribution in [0.25, 0.3) is 0 Å². The summed E-state index contributed by atoms with van der Waals surface area (Å²) in [6.07, 6.45) is 0.822. The van der Waals surface area contributed by atoms with E-state index in [0.29, 0.717) is 18.7 Å². The smallest absolute Gasteiger partial charge is 0.254 e. The van der Waals surface area contributed by atoms with E-state index in [4.69, 9.17) is 5.26 Å². The lowest BCUT2D eigenvalue weighted by molar-refractivity contribution is 0.0604. The maximum atomic E-state index is 12.5. The molecule has 1 amide bonds. The van der Waals surface area contributed by atoms with Gasteiger partial charge in [-0.2, -0.15) is 5.26 Å². The van der Waals surface area contributed by atoms with Gasteiger partial charge in [0.15, 0.2) is 0 Å². The molecule has 1 aromatic carbocycles. The first-order valence-electron chi connectivity index (χ1n) is 6.94. The summed E-state index contributed by atoms with van der Waals surface area (Å²) in [5, 5.41) is 9.11. The Morgan fingerprint density at radius 2 is 1.81 bits per heavy atom. The Balaban J connectivity index is 2.02. The summed E-state index contributed by atoms with van der Waals surface area (Å²) >= 11 is 6.82. The number of nitrogens with zero attached hydrogens (tertiary/aromatic N) is 3. The lowest BCUT2D eigenvalue weighted by Crippen LogP contribution is -2.51. The molecular weight excluding hydrogens is 398 g/mol. The zero-order valence-electron chi connectivity index (χ0n) is 11.9. The van der Waals surface area contributed by atoms with E-state index in [0.717, 1.165) is 28.5 Å². The van der Waals surface area contributed by atoms with Crippen LogP contribution < -0.4 is 0 Å². The molecule has 21 heavy (non-hydrogen) atoms. The van der Waals surface area contributed by atoms with E-state index >= 15 is 0 Å². The average Bonchev–Trinajstić information content (AvgIpc) is 2.47. The monoisotopic (exact) mass is 413 g/mol. The molecule has 0 radical (unpaired) electrons. The van der Waals surface area contributed by atoms with Gasteiger partial charge in [0.05, 0.1) is 12.1 Å². The van der Waals surface area contributed by atoms with Crippen LogP contribution in [0.15, 0.2) is 27.1 Å². The van der Waals surface area contributed by atoms with Crippen LogP contribution in [0.3, 0.4) is 0 Å². The summed E-state index contributed by atoms with van der Waals surface area (Å²) in [6, 6.07) is 7.87. The Morgan fingerprint density at radius 3 is 2.29 bits per heavy atom.